The second-order valence-corrected chi connectivity index (χ2v) is 9.41. The second-order valence-electron chi connectivity index (χ2n) is 6.74. The first kappa shape index (κ1) is 18.7. The third-order valence-electron chi connectivity index (χ3n) is 4.65. The molecule has 144 valence electrons. The largest absolute Gasteiger partial charge is 0.347 e. The Morgan fingerprint density at radius 3 is 2.46 bits per heavy atom. The Hall–Kier alpha value is -2.64. The molecule has 8 heteroatoms. The molecule has 0 radical (unpaired) electrons. The Morgan fingerprint density at radius 2 is 1.82 bits per heavy atom. The van der Waals surface area contributed by atoms with Crippen molar-refractivity contribution >= 4 is 27.3 Å². The molecule has 0 aliphatic carbocycles. The van der Waals surface area contributed by atoms with Gasteiger partial charge in [-0.3, -0.25) is 4.79 Å². The number of hydrogen-bond donors (Lipinski definition) is 1. The van der Waals surface area contributed by atoms with Crippen molar-refractivity contribution in [2.75, 3.05) is 11.5 Å². The third-order valence-corrected chi connectivity index (χ3v) is 6.67. The topological polar surface area (TPSA) is 81.1 Å². The lowest BCUT2D eigenvalue weighted by Crippen LogP contribution is -2.36. The van der Waals surface area contributed by atoms with Gasteiger partial charge in [0.1, 0.15) is 5.69 Å². The molecule has 1 amide bonds. The van der Waals surface area contributed by atoms with Crippen LogP contribution in [0.5, 0.6) is 0 Å². The summed E-state index contributed by atoms with van der Waals surface area (Å²) in [6, 6.07) is 17.9. The maximum Gasteiger partial charge on any atom is 0.270 e. The zero-order valence-electron chi connectivity index (χ0n) is 14.9. The number of sulfone groups is 1. The number of amides is 1. The van der Waals surface area contributed by atoms with Gasteiger partial charge in [0.25, 0.3) is 5.91 Å². The fraction of sp³-hybridized carbons (Fsp3) is 0.200. The lowest BCUT2D eigenvalue weighted by molar-refractivity contribution is 0.0933. The van der Waals surface area contributed by atoms with E-state index in [9.17, 15) is 13.2 Å². The van der Waals surface area contributed by atoms with Gasteiger partial charge < -0.3 is 5.32 Å². The van der Waals surface area contributed by atoms with Gasteiger partial charge in [-0.1, -0.05) is 41.9 Å². The minimum absolute atomic E-state index is 0.0255. The monoisotopic (exact) mass is 415 g/mol. The van der Waals surface area contributed by atoms with Gasteiger partial charge in [0.2, 0.25) is 0 Å². The summed E-state index contributed by atoms with van der Waals surface area (Å²) in [7, 11) is -3.08. The number of para-hydroxylation sites is 1. The number of nitrogens with zero attached hydrogens (tertiary/aromatic N) is 2. The summed E-state index contributed by atoms with van der Waals surface area (Å²) in [5.41, 5.74) is 2.55. The number of carbonyl (C=O) groups is 1. The van der Waals surface area contributed by atoms with Crippen molar-refractivity contribution in [1.29, 1.82) is 0 Å². The number of benzene rings is 2. The molecule has 1 N–H and O–H groups in total. The van der Waals surface area contributed by atoms with Crippen LogP contribution in [0.1, 0.15) is 16.9 Å². The van der Waals surface area contributed by atoms with Crippen LogP contribution in [-0.2, 0) is 9.84 Å². The van der Waals surface area contributed by atoms with E-state index < -0.39 is 9.84 Å². The highest BCUT2D eigenvalue weighted by atomic mass is 35.5. The van der Waals surface area contributed by atoms with Crippen molar-refractivity contribution in [3.8, 4) is 16.9 Å². The molecule has 1 unspecified atom stereocenters. The molecular formula is C20H18ClN3O3S. The van der Waals surface area contributed by atoms with Crippen LogP contribution < -0.4 is 5.32 Å². The Bertz CT molecular complexity index is 1110. The fourth-order valence-corrected chi connectivity index (χ4v) is 5.04. The molecule has 1 atom stereocenters. The van der Waals surface area contributed by atoms with E-state index in [-0.39, 0.29) is 23.5 Å². The SMILES string of the molecule is O=C(NC1CCS(=O)(=O)C1)c1cc(-c2ccc(Cl)cc2)nn1-c1ccccc1. The van der Waals surface area contributed by atoms with Gasteiger partial charge in [0, 0.05) is 16.6 Å². The molecule has 0 bridgehead atoms. The molecule has 28 heavy (non-hydrogen) atoms. The number of halogens is 1. The molecule has 6 nitrogen and oxygen atoms in total. The highest BCUT2D eigenvalue weighted by Crippen LogP contribution is 2.24. The Morgan fingerprint density at radius 1 is 1.11 bits per heavy atom. The summed E-state index contributed by atoms with van der Waals surface area (Å²) < 4.78 is 24.9. The van der Waals surface area contributed by atoms with Gasteiger partial charge in [0.15, 0.2) is 9.84 Å². The molecule has 0 saturated carbocycles. The van der Waals surface area contributed by atoms with Crippen molar-refractivity contribution in [2.24, 2.45) is 0 Å². The van der Waals surface area contributed by atoms with Crippen LogP contribution in [0.4, 0.5) is 0 Å². The molecule has 1 aromatic heterocycles. The van der Waals surface area contributed by atoms with E-state index in [1.165, 1.54) is 0 Å². The maximum atomic E-state index is 12.9. The Kier molecular flexibility index (Phi) is 4.95. The zero-order chi connectivity index (χ0) is 19.7. The standard InChI is InChI=1S/C20H18ClN3O3S/c21-15-8-6-14(7-9-15)18-12-19(24(23-18)17-4-2-1-3-5-17)20(25)22-16-10-11-28(26,27)13-16/h1-9,12,16H,10-11,13H2,(H,22,25). The normalized spacial score (nSPS) is 18.1. The number of aromatic nitrogens is 2. The number of nitrogens with one attached hydrogen (secondary N) is 1. The summed E-state index contributed by atoms with van der Waals surface area (Å²) in [4.78, 5) is 12.9. The molecule has 1 aliphatic heterocycles. The van der Waals surface area contributed by atoms with Crippen molar-refractivity contribution in [3.05, 3.63) is 71.4 Å². The van der Waals surface area contributed by atoms with E-state index in [0.29, 0.717) is 22.8 Å². The predicted molar refractivity (Wildman–Crippen MR) is 109 cm³/mol. The molecule has 1 aliphatic rings. The minimum atomic E-state index is -3.08. The van der Waals surface area contributed by atoms with Crippen LogP contribution in [0.3, 0.4) is 0 Å². The lowest BCUT2D eigenvalue weighted by atomic mass is 10.1. The van der Waals surface area contributed by atoms with E-state index in [0.717, 1.165) is 11.3 Å². The summed E-state index contributed by atoms with van der Waals surface area (Å²) in [5.74, 6) is -0.271. The summed E-state index contributed by atoms with van der Waals surface area (Å²) in [5, 5.41) is 8.05. The minimum Gasteiger partial charge on any atom is -0.347 e. The second kappa shape index (κ2) is 7.41. The number of hydrogen-bond acceptors (Lipinski definition) is 4. The smallest absolute Gasteiger partial charge is 0.270 e. The van der Waals surface area contributed by atoms with Gasteiger partial charge in [-0.05, 0) is 36.8 Å². The van der Waals surface area contributed by atoms with Crippen molar-refractivity contribution < 1.29 is 13.2 Å². The number of rotatable bonds is 4. The molecule has 0 spiro atoms. The molecular weight excluding hydrogens is 398 g/mol. The third kappa shape index (κ3) is 3.95. The highest BCUT2D eigenvalue weighted by Gasteiger charge is 2.30. The van der Waals surface area contributed by atoms with Gasteiger partial charge in [-0.2, -0.15) is 5.10 Å². The average molecular weight is 416 g/mol. The van der Waals surface area contributed by atoms with E-state index in [2.05, 4.69) is 10.4 Å². The summed E-state index contributed by atoms with van der Waals surface area (Å²) in [6.45, 7) is 0. The van der Waals surface area contributed by atoms with Crippen LogP contribution in [0.15, 0.2) is 60.7 Å². The van der Waals surface area contributed by atoms with Gasteiger partial charge in [-0.15, -0.1) is 0 Å². The van der Waals surface area contributed by atoms with E-state index >= 15 is 0 Å². The fourth-order valence-electron chi connectivity index (χ4n) is 3.24. The van der Waals surface area contributed by atoms with E-state index in [4.69, 9.17) is 11.6 Å². The molecule has 2 aromatic carbocycles. The molecule has 2 heterocycles. The van der Waals surface area contributed by atoms with E-state index in [1.807, 2.05) is 42.5 Å². The van der Waals surface area contributed by atoms with Crippen molar-refractivity contribution in [2.45, 2.75) is 12.5 Å². The lowest BCUT2D eigenvalue weighted by Gasteiger charge is -2.12. The van der Waals surface area contributed by atoms with Crippen LogP contribution in [0.2, 0.25) is 5.02 Å². The first-order chi connectivity index (χ1) is 13.4. The average Bonchev–Trinajstić information content (AvgIpc) is 3.26. The first-order valence-electron chi connectivity index (χ1n) is 8.84. The van der Waals surface area contributed by atoms with Gasteiger partial charge in [0.05, 0.1) is 22.9 Å². The summed E-state index contributed by atoms with van der Waals surface area (Å²) >= 11 is 5.96. The quantitative estimate of drug-likeness (QED) is 0.709. The highest BCUT2D eigenvalue weighted by molar-refractivity contribution is 7.91. The van der Waals surface area contributed by atoms with Crippen molar-refractivity contribution in [1.82, 2.24) is 15.1 Å². The number of carbonyl (C=O) groups excluding carboxylic acids is 1. The van der Waals surface area contributed by atoms with Gasteiger partial charge in [-0.25, -0.2) is 13.1 Å². The molecule has 1 fully saturated rings. The molecule has 1 saturated heterocycles. The maximum absolute atomic E-state index is 12.9. The summed E-state index contributed by atoms with van der Waals surface area (Å²) in [6.07, 6.45) is 0.428. The zero-order valence-corrected chi connectivity index (χ0v) is 16.4. The van der Waals surface area contributed by atoms with Crippen LogP contribution in [0.25, 0.3) is 16.9 Å². The van der Waals surface area contributed by atoms with E-state index in [1.54, 1.807) is 22.9 Å². The Balaban J connectivity index is 1.70. The van der Waals surface area contributed by atoms with Crippen molar-refractivity contribution in [3.63, 3.8) is 0 Å². The predicted octanol–water partition coefficient (Wildman–Crippen LogP) is 3.11. The molecule has 3 aromatic rings. The van der Waals surface area contributed by atoms with Crippen LogP contribution in [-0.4, -0.2) is 41.7 Å². The van der Waals surface area contributed by atoms with Gasteiger partial charge >= 0.3 is 0 Å². The molecule has 4 rings (SSSR count). The van der Waals surface area contributed by atoms with Crippen LogP contribution >= 0.6 is 11.6 Å². The van der Waals surface area contributed by atoms with Crippen LogP contribution in [0, 0.1) is 0 Å². The first-order valence-corrected chi connectivity index (χ1v) is 11.0. The Labute approximate surface area is 168 Å².